The van der Waals surface area contributed by atoms with Crippen molar-refractivity contribution < 1.29 is 0 Å². The highest BCUT2D eigenvalue weighted by molar-refractivity contribution is 6.31. The third-order valence-corrected chi connectivity index (χ3v) is 3.65. The lowest BCUT2D eigenvalue weighted by molar-refractivity contribution is 0.348. The van der Waals surface area contributed by atoms with Gasteiger partial charge in [-0.05, 0) is 33.2 Å². The van der Waals surface area contributed by atoms with E-state index in [9.17, 15) is 0 Å². The van der Waals surface area contributed by atoms with Crippen LogP contribution in [-0.4, -0.2) is 22.4 Å². The second-order valence-corrected chi connectivity index (χ2v) is 4.69. The Morgan fingerprint density at radius 3 is 2.80 bits per heavy atom. The summed E-state index contributed by atoms with van der Waals surface area (Å²) in [7, 11) is 0. The van der Waals surface area contributed by atoms with E-state index in [1.54, 1.807) is 0 Å². The van der Waals surface area contributed by atoms with Gasteiger partial charge in [0.15, 0.2) is 0 Å². The Morgan fingerprint density at radius 2 is 2.27 bits per heavy atom. The molecule has 1 fully saturated rings. The maximum absolute atomic E-state index is 6.11. The fraction of sp³-hybridized carbons (Fsp3) is 0.727. The molecule has 1 N–H and O–H groups in total. The van der Waals surface area contributed by atoms with Crippen molar-refractivity contribution in [3.63, 3.8) is 0 Å². The van der Waals surface area contributed by atoms with Gasteiger partial charge >= 0.3 is 0 Å². The van der Waals surface area contributed by atoms with Crippen molar-refractivity contribution in [3.8, 4) is 0 Å². The Kier molecular flexibility index (Phi) is 3.32. The molecule has 1 aliphatic heterocycles. The van der Waals surface area contributed by atoms with E-state index in [4.69, 9.17) is 11.6 Å². The molecule has 0 spiro atoms. The van der Waals surface area contributed by atoms with E-state index < -0.39 is 0 Å². The zero-order valence-corrected chi connectivity index (χ0v) is 10.1. The maximum atomic E-state index is 6.11. The average Bonchev–Trinajstić information content (AvgIpc) is 2.48. The third kappa shape index (κ3) is 2.34. The molecule has 0 aromatic carbocycles. The summed E-state index contributed by atoms with van der Waals surface area (Å²) in [4.78, 5) is 0. The number of piperidine rings is 1. The average molecular weight is 228 g/mol. The lowest BCUT2D eigenvalue weighted by Gasteiger charge is -2.23. The molecule has 0 aliphatic carbocycles. The molecule has 0 bridgehead atoms. The van der Waals surface area contributed by atoms with Crippen LogP contribution < -0.4 is 5.32 Å². The molecule has 1 aromatic heterocycles. The molecule has 1 aromatic rings. The first-order valence-electron chi connectivity index (χ1n) is 5.61. The molecule has 84 valence electrons. The predicted molar refractivity (Wildman–Crippen MR) is 62.4 cm³/mol. The van der Waals surface area contributed by atoms with Crippen LogP contribution in [0, 0.1) is 13.8 Å². The Bertz CT molecular complexity index is 340. The molecule has 2 heterocycles. The lowest BCUT2D eigenvalue weighted by Crippen LogP contribution is -2.37. The monoisotopic (exact) mass is 227 g/mol. The van der Waals surface area contributed by atoms with Gasteiger partial charge in [-0.2, -0.15) is 5.10 Å². The summed E-state index contributed by atoms with van der Waals surface area (Å²) in [6.07, 6.45) is 3.87. The minimum absolute atomic E-state index is 0.563. The number of hydrogen-bond donors (Lipinski definition) is 1. The van der Waals surface area contributed by atoms with Gasteiger partial charge in [-0.15, -0.1) is 0 Å². The van der Waals surface area contributed by atoms with Crippen molar-refractivity contribution in [3.05, 3.63) is 16.4 Å². The van der Waals surface area contributed by atoms with E-state index in [1.807, 2.05) is 18.5 Å². The molecule has 15 heavy (non-hydrogen) atoms. The molecule has 1 saturated heterocycles. The molecule has 1 atom stereocenters. The van der Waals surface area contributed by atoms with E-state index in [1.165, 1.54) is 19.3 Å². The van der Waals surface area contributed by atoms with Crippen LogP contribution in [0.3, 0.4) is 0 Å². The summed E-state index contributed by atoms with van der Waals surface area (Å²) in [5.41, 5.74) is 2.02. The molecule has 1 unspecified atom stereocenters. The lowest BCUT2D eigenvalue weighted by atomic mass is 10.1. The number of nitrogens with one attached hydrogen (secondary N) is 1. The standard InChI is InChI=1S/C11H18ClN3/c1-8-11(12)9(2)15(14-8)7-10-5-3-4-6-13-10/h10,13H,3-7H2,1-2H3. The Hall–Kier alpha value is -0.540. The quantitative estimate of drug-likeness (QED) is 0.840. The molecule has 4 heteroatoms. The normalized spacial score (nSPS) is 21.9. The van der Waals surface area contributed by atoms with E-state index in [0.717, 1.165) is 29.5 Å². The Balaban J connectivity index is 2.06. The second-order valence-electron chi connectivity index (χ2n) is 4.31. The first kappa shape index (κ1) is 11.0. The molecule has 0 radical (unpaired) electrons. The maximum Gasteiger partial charge on any atom is 0.0844 e. The minimum Gasteiger partial charge on any atom is -0.312 e. The Labute approximate surface area is 95.8 Å². The van der Waals surface area contributed by atoms with Gasteiger partial charge in [0.05, 0.1) is 23.0 Å². The summed E-state index contributed by atoms with van der Waals surface area (Å²) in [6.45, 7) is 6.07. The Morgan fingerprint density at radius 1 is 1.47 bits per heavy atom. The summed E-state index contributed by atoms with van der Waals surface area (Å²) < 4.78 is 2.03. The van der Waals surface area contributed by atoms with Crippen molar-refractivity contribution in [2.24, 2.45) is 0 Å². The van der Waals surface area contributed by atoms with Gasteiger partial charge in [-0.25, -0.2) is 0 Å². The van der Waals surface area contributed by atoms with Gasteiger partial charge < -0.3 is 5.32 Å². The number of hydrogen-bond acceptors (Lipinski definition) is 2. The number of aryl methyl sites for hydroxylation is 1. The number of halogens is 1. The highest BCUT2D eigenvalue weighted by Gasteiger charge is 2.16. The van der Waals surface area contributed by atoms with Gasteiger partial charge in [-0.3, -0.25) is 4.68 Å². The van der Waals surface area contributed by atoms with Crippen LogP contribution in [0.2, 0.25) is 5.02 Å². The van der Waals surface area contributed by atoms with Gasteiger partial charge in [-0.1, -0.05) is 18.0 Å². The first-order valence-corrected chi connectivity index (χ1v) is 5.99. The molecular weight excluding hydrogens is 210 g/mol. The number of rotatable bonds is 2. The fourth-order valence-electron chi connectivity index (χ4n) is 2.14. The van der Waals surface area contributed by atoms with Crippen molar-refractivity contribution in [2.75, 3.05) is 6.54 Å². The zero-order chi connectivity index (χ0) is 10.8. The van der Waals surface area contributed by atoms with Crippen molar-refractivity contribution in [1.29, 1.82) is 0 Å². The summed E-state index contributed by atoms with van der Waals surface area (Å²) in [5.74, 6) is 0. The first-order chi connectivity index (χ1) is 7.18. The van der Waals surface area contributed by atoms with Crippen LogP contribution in [0.15, 0.2) is 0 Å². The molecule has 2 rings (SSSR count). The van der Waals surface area contributed by atoms with Crippen molar-refractivity contribution >= 4 is 11.6 Å². The van der Waals surface area contributed by atoms with E-state index in [0.29, 0.717) is 6.04 Å². The SMILES string of the molecule is Cc1nn(CC2CCCCN2)c(C)c1Cl. The van der Waals surface area contributed by atoms with E-state index in [2.05, 4.69) is 10.4 Å². The number of aromatic nitrogens is 2. The number of nitrogens with zero attached hydrogens (tertiary/aromatic N) is 2. The second kappa shape index (κ2) is 4.54. The highest BCUT2D eigenvalue weighted by Crippen LogP contribution is 2.20. The summed E-state index contributed by atoms with van der Waals surface area (Å²) in [5, 5.41) is 8.78. The predicted octanol–water partition coefficient (Wildman–Crippen LogP) is 2.30. The summed E-state index contributed by atoms with van der Waals surface area (Å²) in [6, 6.07) is 0.563. The van der Waals surface area contributed by atoms with Crippen LogP contribution in [0.1, 0.15) is 30.7 Å². The smallest absolute Gasteiger partial charge is 0.0844 e. The van der Waals surface area contributed by atoms with Gasteiger partial charge in [0.1, 0.15) is 0 Å². The highest BCUT2D eigenvalue weighted by atomic mass is 35.5. The van der Waals surface area contributed by atoms with Gasteiger partial charge in [0.25, 0.3) is 0 Å². The fourth-order valence-corrected chi connectivity index (χ4v) is 2.28. The summed E-state index contributed by atoms with van der Waals surface area (Å²) >= 11 is 6.11. The van der Waals surface area contributed by atoms with E-state index in [-0.39, 0.29) is 0 Å². The van der Waals surface area contributed by atoms with Crippen LogP contribution in [0.5, 0.6) is 0 Å². The largest absolute Gasteiger partial charge is 0.312 e. The van der Waals surface area contributed by atoms with Crippen LogP contribution >= 0.6 is 11.6 Å². The van der Waals surface area contributed by atoms with Crippen molar-refractivity contribution in [2.45, 2.75) is 45.7 Å². The minimum atomic E-state index is 0.563. The van der Waals surface area contributed by atoms with Crippen LogP contribution in [0.25, 0.3) is 0 Å². The van der Waals surface area contributed by atoms with Gasteiger partial charge in [0, 0.05) is 6.04 Å². The molecule has 3 nitrogen and oxygen atoms in total. The molecular formula is C11H18ClN3. The molecule has 1 aliphatic rings. The van der Waals surface area contributed by atoms with Crippen LogP contribution in [-0.2, 0) is 6.54 Å². The van der Waals surface area contributed by atoms with Crippen LogP contribution in [0.4, 0.5) is 0 Å². The molecule has 0 amide bonds. The third-order valence-electron chi connectivity index (χ3n) is 3.10. The van der Waals surface area contributed by atoms with E-state index >= 15 is 0 Å². The van der Waals surface area contributed by atoms with Gasteiger partial charge in [0.2, 0.25) is 0 Å². The molecule has 0 saturated carbocycles. The zero-order valence-electron chi connectivity index (χ0n) is 9.39. The topological polar surface area (TPSA) is 29.9 Å². The van der Waals surface area contributed by atoms with Crippen molar-refractivity contribution in [1.82, 2.24) is 15.1 Å².